The van der Waals surface area contributed by atoms with Gasteiger partial charge in [0, 0.05) is 18.7 Å². The van der Waals surface area contributed by atoms with Gasteiger partial charge in [0.15, 0.2) is 0 Å². The van der Waals surface area contributed by atoms with Gasteiger partial charge >= 0.3 is 0 Å². The van der Waals surface area contributed by atoms with Crippen molar-refractivity contribution in [2.45, 2.75) is 20.3 Å². The third-order valence-electron chi connectivity index (χ3n) is 2.54. The van der Waals surface area contributed by atoms with Crippen molar-refractivity contribution >= 4 is 5.91 Å². The summed E-state index contributed by atoms with van der Waals surface area (Å²) in [5.41, 5.74) is 1.70. The molecule has 0 N–H and O–H groups in total. The zero-order chi connectivity index (χ0) is 12.0. The van der Waals surface area contributed by atoms with Crippen LogP contribution in [0.15, 0.2) is 24.3 Å². The van der Waals surface area contributed by atoms with Crippen molar-refractivity contribution in [2.75, 3.05) is 13.1 Å². The Morgan fingerprint density at radius 3 is 2.69 bits per heavy atom. The number of benzene rings is 1. The van der Waals surface area contributed by atoms with E-state index in [1.807, 2.05) is 38.1 Å². The first-order valence-electron chi connectivity index (χ1n) is 5.42. The number of nitrogens with zero attached hydrogens (tertiary/aromatic N) is 2. The molecule has 0 aromatic heterocycles. The Balaban J connectivity index is 2.84. The molecule has 0 spiro atoms. The Morgan fingerprint density at radius 2 is 2.12 bits per heavy atom. The van der Waals surface area contributed by atoms with Gasteiger partial charge in [0.05, 0.1) is 12.5 Å². The molecule has 16 heavy (non-hydrogen) atoms. The maximum atomic E-state index is 12.1. The fourth-order valence-electron chi connectivity index (χ4n) is 1.57. The highest BCUT2D eigenvalue weighted by atomic mass is 16.2. The van der Waals surface area contributed by atoms with Gasteiger partial charge in [-0.2, -0.15) is 5.26 Å². The second-order valence-electron chi connectivity index (χ2n) is 3.61. The highest BCUT2D eigenvalue weighted by Crippen LogP contribution is 2.10. The minimum atomic E-state index is 0.0100. The monoisotopic (exact) mass is 216 g/mol. The average molecular weight is 216 g/mol. The van der Waals surface area contributed by atoms with Crippen LogP contribution in [0.3, 0.4) is 0 Å². The van der Waals surface area contributed by atoms with E-state index in [9.17, 15) is 4.79 Å². The van der Waals surface area contributed by atoms with Gasteiger partial charge in [-0.3, -0.25) is 4.79 Å². The Bertz CT molecular complexity index is 407. The Kier molecular flexibility index (Phi) is 4.53. The third kappa shape index (κ3) is 2.83. The first kappa shape index (κ1) is 12.3. The molecule has 3 nitrogen and oxygen atoms in total. The lowest BCUT2D eigenvalue weighted by atomic mass is 10.1. The quantitative estimate of drug-likeness (QED) is 0.775. The first-order chi connectivity index (χ1) is 7.70. The lowest BCUT2D eigenvalue weighted by Crippen LogP contribution is -2.32. The molecule has 0 atom stereocenters. The van der Waals surface area contributed by atoms with Crippen LogP contribution in [0, 0.1) is 18.3 Å². The van der Waals surface area contributed by atoms with Crippen LogP contribution in [0.2, 0.25) is 0 Å². The van der Waals surface area contributed by atoms with E-state index in [2.05, 4.69) is 6.07 Å². The molecule has 0 saturated carbocycles. The average Bonchev–Trinajstić information content (AvgIpc) is 2.30. The predicted molar refractivity (Wildman–Crippen MR) is 63.0 cm³/mol. The SMILES string of the molecule is CCN(CCC#N)C(=O)c1ccccc1C. The summed E-state index contributed by atoms with van der Waals surface area (Å²) < 4.78 is 0. The summed E-state index contributed by atoms with van der Waals surface area (Å²) >= 11 is 0. The zero-order valence-corrected chi connectivity index (χ0v) is 9.73. The van der Waals surface area contributed by atoms with Crippen molar-refractivity contribution in [3.63, 3.8) is 0 Å². The van der Waals surface area contributed by atoms with Crippen molar-refractivity contribution < 1.29 is 4.79 Å². The van der Waals surface area contributed by atoms with Crippen molar-refractivity contribution in [3.05, 3.63) is 35.4 Å². The second kappa shape index (κ2) is 5.92. The van der Waals surface area contributed by atoms with E-state index in [0.29, 0.717) is 19.5 Å². The number of carbonyl (C=O) groups excluding carboxylic acids is 1. The number of hydrogen-bond donors (Lipinski definition) is 0. The molecular formula is C13H16N2O. The first-order valence-corrected chi connectivity index (χ1v) is 5.42. The van der Waals surface area contributed by atoms with E-state index in [1.165, 1.54) is 0 Å². The van der Waals surface area contributed by atoms with Crippen molar-refractivity contribution in [1.82, 2.24) is 4.90 Å². The molecule has 0 aliphatic heterocycles. The fraction of sp³-hybridized carbons (Fsp3) is 0.385. The molecule has 0 radical (unpaired) electrons. The van der Waals surface area contributed by atoms with Crippen molar-refractivity contribution in [2.24, 2.45) is 0 Å². The summed E-state index contributed by atoms with van der Waals surface area (Å²) in [6.45, 7) is 4.98. The Hall–Kier alpha value is -1.82. The smallest absolute Gasteiger partial charge is 0.254 e. The Labute approximate surface area is 96.3 Å². The van der Waals surface area contributed by atoms with Crippen molar-refractivity contribution in [3.8, 4) is 6.07 Å². The molecule has 3 heteroatoms. The molecule has 0 bridgehead atoms. The molecule has 1 aromatic carbocycles. The minimum absolute atomic E-state index is 0.0100. The number of aryl methyl sites for hydroxylation is 1. The van der Waals surface area contributed by atoms with Gasteiger partial charge in [0.2, 0.25) is 0 Å². The normalized spacial score (nSPS) is 9.56. The van der Waals surface area contributed by atoms with Crippen LogP contribution in [-0.4, -0.2) is 23.9 Å². The standard InChI is InChI=1S/C13H16N2O/c1-3-15(10-6-9-14)13(16)12-8-5-4-7-11(12)2/h4-5,7-8H,3,6,10H2,1-2H3. The summed E-state index contributed by atoms with van der Waals surface area (Å²) in [5, 5.41) is 8.53. The number of amides is 1. The van der Waals surface area contributed by atoms with E-state index >= 15 is 0 Å². The van der Waals surface area contributed by atoms with Gasteiger partial charge < -0.3 is 4.90 Å². The van der Waals surface area contributed by atoms with E-state index in [1.54, 1.807) is 4.90 Å². The molecule has 0 heterocycles. The minimum Gasteiger partial charge on any atom is -0.338 e. The largest absolute Gasteiger partial charge is 0.338 e. The molecule has 0 unspecified atom stereocenters. The molecule has 0 aliphatic carbocycles. The van der Waals surface area contributed by atoms with Gasteiger partial charge in [0.1, 0.15) is 0 Å². The lowest BCUT2D eigenvalue weighted by molar-refractivity contribution is 0.0767. The van der Waals surface area contributed by atoms with Gasteiger partial charge in [0.25, 0.3) is 5.91 Å². The van der Waals surface area contributed by atoms with Crippen LogP contribution in [0.5, 0.6) is 0 Å². The molecule has 0 aliphatic rings. The fourth-order valence-corrected chi connectivity index (χ4v) is 1.57. The van der Waals surface area contributed by atoms with Crippen LogP contribution in [0.4, 0.5) is 0 Å². The lowest BCUT2D eigenvalue weighted by Gasteiger charge is -2.20. The number of nitriles is 1. The summed E-state index contributed by atoms with van der Waals surface area (Å²) in [4.78, 5) is 13.8. The van der Waals surface area contributed by atoms with Gasteiger partial charge in [-0.25, -0.2) is 0 Å². The maximum Gasteiger partial charge on any atom is 0.254 e. The molecule has 1 amide bonds. The van der Waals surface area contributed by atoms with Crippen LogP contribution < -0.4 is 0 Å². The highest BCUT2D eigenvalue weighted by molar-refractivity contribution is 5.95. The topological polar surface area (TPSA) is 44.1 Å². The summed E-state index contributed by atoms with van der Waals surface area (Å²) in [5.74, 6) is 0.0100. The van der Waals surface area contributed by atoms with E-state index in [-0.39, 0.29) is 5.91 Å². The van der Waals surface area contributed by atoms with Gasteiger partial charge in [-0.1, -0.05) is 18.2 Å². The summed E-state index contributed by atoms with van der Waals surface area (Å²) in [6, 6.07) is 9.58. The Morgan fingerprint density at radius 1 is 1.44 bits per heavy atom. The second-order valence-corrected chi connectivity index (χ2v) is 3.61. The zero-order valence-electron chi connectivity index (χ0n) is 9.73. The molecule has 0 fully saturated rings. The van der Waals surface area contributed by atoms with Crippen LogP contribution in [0.1, 0.15) is 29.3 Å². The maximum absolute atomic E-state index is 12.1. The third-order valence-corrected chi connectivity index (χ3v) is 2.54. The van der Waals surface area contributed by atoms with E-state index in [4.69, 9.17) is 5.26 Å². The molecule has 0 saturated heterocycles. The van der Waals surface area contributed by atoms with Crippen LogP contribution in [0.25, 0.3) is 0 Å². The van der Waals surface area contributed by atoms with Gasteiger partial charge in [-0.15, -0.1) is 0 Å². The van der Waals surface area contributed by atoms with E-state index in [0.717, 1.165) is 11.1 Å². The molecular weight excluding hydrogens is 200 g/mol. The molecule has 84 valence electrons. The van der Waals surface area contributed by atoms with Crippen LogP contribution >= 0.6 is 0 Å². The molecule has 1 aromatic rings. The summed E-state index contributed by atoms with van der Waals surface area (Å²) in [6.07, 6.45) is 0.380. The number of carbonyl (C=O) groups is 1. The summed E-state index contributed by atoms with van der Waals surface area (Å²) in [7, 11) is 0. The van der Waals surface area contributed by atoms with Crippen LogP contribution in [-0.2, 0) is 0 Å². The number of hydrogen-bond acceptors (Lipinski definition) is 2. The van der Waals surface area contributed by atoms with Gasteiger partial charge in [-0.05, 0) is 25.5 Å². The van der Waals surface area contributed by atoms with Crippen molar-refractivity contribution in [1.29, 1.82) is 5.26 Å². The highest BCUT2D eigenvalue weighted by Gasteiger charge is 2.14. The number of rotatable bonds is 4. The molecule has 1 rings (SSSR count). The van der Waals surface area contributed by atoms with E-state index < -0.39 is 0 Å². The predicted octanol–water partition coefficient (Wildman–Crippen LogP) is 2.37.